The minimum absolute atomic E-state index is 0.293. The fraction of sp³-hybridized carbons (Fsp3) is 0.600. The van der Waals surface area contributed by atoms with E-state index in [1.54, 1.807) is 0 Å². The van der Waals surface area contributed by atoms with Crippen LogP contribution in [-0.4, -0.2) is 31.3 Å². The van der Waals surface area contributed by atoms with Gasteiger partial charge in [-0.3, -0.25) is 0 Å². The number of hydrogen-bond acceptors (Lipinski definition) is 4. The summed E-state index contributed by atoms with van der Waals surface area (Å²) < 4.78 is 5.58. The van der Waals surface area contributed by atoms with Crippen molar-refractivity contribution in [2.75, 3.05) is 20.2 Å². The Morgan fingerprint density at radius 3 is 2.68 bits per heavy atom. The molecule has 4 heteroatoms. The number of aliphatic hydroxyl groups is 1. The molecule has 0 saturated heterocycles. The molecule has 0 bridgehead atoms. The van der Waals surface area contributed by atoms with Gasteiger partial charge in [-0.25, -0.2) is 0 Å². The molecule has 0 saturated carbocycles. The summed E-state index contributed by atoms with van der Waals surface area (Å²) in [5.74, 6) is 0.729. The number of aliphatic hydroxyl groups excluding tert-OH is 1. The van der Waals surface area contributed by atoms with Gasteiger partial charge in [-0.1, -0.05) is 13.0 Å². The van der Waals surface area contributed by atoms with E-state index in [9.17, 15) is 5.11 Å². The van der Waals surface area contributed by atoms with Gasteiger partial charge in [0.1, 0.15) is 5.75 Å². The van der Waals surface area contributed by atoms with Crippen LogP contribution < -0.4 is 15.8 Å². The smallest absolute Gasteiger partial charge is 0.125 e. The topological polar surface area (TPSA) is 67.5 Å². The second-order valence-electron chi connectivity index (χ2n) is 4.66. The Hall–Kier alpha value is -1.10. The number of nitrogens with two attached hydrogens (primary N) is 1. The summed E-state index contributed by atoms with van der Waals surface area (Å²) in [6.45, 7) is 5.39. The van der Waals surface area contributed by atoms with E-state index in [1.807, 2.05) is 32.2 Å². The first kappa shape index (κ1) is 16.0. The first-order valence-electron chi connectivity index (χ1n) is 6.97. The standard InChI is InChI=1S/C15H26N2O2/c1-4-11-6-7-14(19-5-2)12(10-11)15(18)13(16)8-9-17-3/h6-7,10,13,15,17-18H,4-5,8-9,16H2,1-3H3. The lowest BCUT2D eigenvalue weighted by atomic mass is 9.97. The molecule has 0 aliphatic carbocycles. The summed E-state index contributed by atoms with van der Waals surface area (Å²) in [6.07, 6.45) is 0.957. The molecule has 0 aliphatic rings. The summed E-state index contributed by atoms with van der Waals surface area (Å²) in [5, 5.41) is 13.5. The van der Waals surface area contributed by atoms with E-state index in [0.29, 0.717) is 6.61 Å². The van der Waals surface area contributed by atoms with Gasteiger partial charge in [0.2, 0.25) is 0 Å². The zero-order valence-electron chi connectivity index (χ0n) is 12.1. The van der Waals surface area contributed by atoms with Gasteiger partial charge < -0.3 is 20.9 Å². The fourth-order valence-corrected chi connectivity index (χ4v) is 2.04. The lowest BCUT2D eigenvalue weighted by molar-refractivity contribution is 0.137. The molecule has 1 rings (SSSR count). The van der Waals surface area contributed by atoms with Gasteiger partial charge in [-0.05, 0) is 51.1 Å². The van der Waals surface area contributed by atoms with E-state index in [4.69, 9.17) is 10.5 Å². The Labute approximate surface area is 116 Å². The van der Waals surface area contributed by atoms with Gasteiger partial charge in [0.15, 0.2) is 0 Å². The minimum Gasteiger partial charge on any atom is -0.493 e. The van der Waals surface area contributed by atoms with Crippen LogP contribution in [0.15, 0.2) is 18.2 Å². The van der Waals surface area contributed by atoms with Crippen molar-refractivity contribution in [1.29, 1.82) is 0 Å². The lowest BCUT2D eigenvalue weighted by Crippen LogP contribution is -2.31. The van der Waals surface area contributed by atoms with Crippen LogP contribution in [-0.2, 0) is 6.42 Å². The molecule has 4 N–H and O–H groups in total. The molecule has 0 spiro atoms. The zero-order valence-corrected chi connectivity index (χ0v) is 12.1. The van der Waals surface area contributed by atoms with Crippen LogP contribution in [0.5, 0.6) is 5.75 Å². The Bertz CT molecular complexity index is 382. The highest BCUT2D eigenvalue weighted by molar-refractivity contribution is 5.39. The van der Waals surface area contributed by atoms with E-state index in [2.05, 4.69) is 12.2 Å². The van der Waals surface area contributed by atoms with Gasteiger partial charge in [0, 0.05) is 11.6 Å². The maximum Gasteiger partial charge on any atom is 0.125 e. The predicted molar refractivity (Wildman–Crippen MR) is 78.5 cm³/mol. The molecule has 108 valence electrons. The number of hydrogen-bond donors (Lipinski definition) is 3. The van der Waals surface area contributed by atoms with Crippen molar-refractivity contribution in [2.24, 2.45) is 5.73 Å². The Morgan fingerprint density at radius 2 is 2.11 bits per heavy atom. The third-order valence-electron chi connectivity index (χ3n) is 3.23. The molecule has 4 nitrogen and oxygen atoms in total. The van der Waals surface area contributed by atoms with Crippen molar-refractivity contribution in [1.82, 2.24) is 5.32 Å². The second kappa shape index (κ2) is 8.15. The Balaban J connectivity index is 2.93. The van der Waals surface area contributed by atoms with E-state index in [-0.39, 0.29) is 6.04 Å². The molecule has 1 aromatic rings. The van der Waals surface area contributed by atoms with Gasteiger partial charge >= 0.3 is 0 Å². The highest BCUT2D eigenvalue weighted by atomic mass is 16.5. The molecule has 0 heterocycles. The maximum atomic E-state index is 10.4. The number of ether oxygens (including phenoxy) is 1. The van der Waals surface area contributed by atoms with Gasteiger partial charge in [0.05, 0.1) is 12.7 Å². The van der Waals surface area contributed by atoms with Gasteiger partial charge in [-0.15, -0.1) is 0 Å². The predicted octanol–water partition coefficient (Wildman–Crippen LogP) is 1.62. The summed E-state index contributed by atoms with van der Waals surface area (Å²) in [4.78, 5) is 0. The summed E-state index contributed by atoms with van der Waals surface area (Å²) >= 11 is 0. The average molecular weight is 266 g/mol. The van der Waals surface area contributed by atoms with Crippen LogP contribution in [0.2, 0.25) is 0 Å². The van der Waals surface area contributed by atoms with Crippen molar-refractivity contribution in [3.8, 4) is 5.75 Å². The SMILES string of the molecule is CCOc1ccc(CC)cc1C(O)C(N)CCNC. The van der Waals surface area contributed by atoms with Crippen LogP contribution in [0, 0.1) is 0 Å². The van der Waals surface area contributed by atoms with Crippen molar-refractivity contribution in [3.05, 3.63) is 29.3 Å². The number of rotatable bonds is 8. The largest absolute Gasteiger partial charge is 0.493 e. The number of benzene rings is 1. The molecule has 2 unspecified atom stereocenters. The first-order valence-corrected chi connectivity index (χ1v) is 6.97. The van der Waals surface area contributed by atoms with Crippen LogP contribution in [0.25, 0.3) is 0 Å². The van der Waals surface area contributed by atoms with E-state index >= 15 is 0 Å². The molecule has 0 radical (unpaired) electrons. The molecule has 1 aromatic carbocycles. The highest BCUT2D eigenvalue weighted by Gasteiger charge is 2.20. The summed E-state index contributed by atoms with van der Waals surface area (Å²) in [6, 6.07) is 5.65. The van der Waals surface area contributed by atoms with Gasteiger partial charge in [0.25, 0.3) is 0 Å². The highest BCUT2D eigenvalue weighted by Crippen LogP contribution is 2.29. The van der Waals surface area contributed by atoms with Crippen molar-refractivity contribution >= 4 is 0 Å². The molecule has 0 amide bonds. The normalized spacial score (nSPS) is 14.2. The summed E-state index contributed by atoms with van der Waals surface area (Å²) in [5.41, 5.74) is 8.02. The van der Waals surface area contributed by atoms with E-state index in [1.165, 1.54) is 5.56 Å². The maximum absolute atomic E-state index is 10.4. The van der Waals surface area contributed by atoms with Crippen molar-refractivity contribution in [2.45, 2.75) is 38.8 Å². The fourth-order valence-electron chi connectivity index (χ4n) is 2.04. The molecule has 0 aromatic heterocycles. The van der Waals surface area contributed by atoms with Crippen LogP contribution in [0.4, 0.5) is 0 Å². The third kappa shape index (κ3) is 4.49. The molecular formula is C15H26N2O2. The van der Waals surface area contributed by atoms with E-state index < -0.39 is 6.10 Å². The van der Waals surface area contributed by atoms with Crippen molar-refractivity contribution in [3.63, 3.8) is 0 Å². The van der Waals surface area contributed by atoms with E-state index in [0.717, 1.165) is 30.7 Å². The van der Waals surface area contributed by atoms with Crippen LogP contribution in [0.1, 0.15) is 37.5 Å². The minimum atomic E-state index is -0.693. The van der Waals surface area contributed by atoms with Crippen molar-refractivity contribution < 1.29 is 9.84 Å². The molecular weight excluding hydrogens is 240 g/mol. The quantitative estimate of drug-likeness (QED) is 0.669. The summed E-state index contributed by atoms with van der Waals surface area (Å²) in [7, 11) is 1.88. The molecule has 19 heavy (non-hydrogen) atoms. The number of aryl methyl sites for hydroxylation is 1. The first-order chi connectivity index (χ1) is 9.13. The monoisotopic (exact) mass is 266 g/mol. The molecule has 0 aliphatic heterocycles. The Morgan fingerprint density at radius 1 is 1.37 bits per heavy atom. The second-order valence-corrected chi connectivity index (χ2v) is 4.66. The third-order valence-corrected chi connectivity index (χ3v) is 3.23. The Kier molecular flexibility index (Phi) is 6.84. The van der Waals surface area contributed by atoms with Crippen LogP contribution in [0.3, 0.4) is 0 Å². The zero-order chi connectivity index (χ0) is 14.3. The number of nitrogens with one attached hydrogen (secondary N) is 1. The lowest BCUT2D eigenvalue weighted by Gasteiger charge is -2.22. The van der Waals surface area contributed by atoms with Gasteiger partial charge in [-0.2, -0.15) is 0 Å². The molecule has 2 atom stereocenters. The van der Waals surface area contributed by atoms with Crippen LogP contribution >= 0.6 is 0 Å². The average Bonchev–Trinajstić information content (AvgIpc) is 2.44. The molecule has 0 fully saturated rings.